The number of ether oxygens (including phenoxy) is 1. The van der Waals surface area contributed by atoms with Crippen molar-refractivity contribution < 1.29 is 23.1 Å². The second kappa shape index (κ2) is 8.85. The van der Waals surface area contributed by atoms with Crippen LogP contribution >= 0.6 is 23.2 Å². The Morgan fingerprint density at radius 2 is 1.89 bits per heavy atom. The van der Waals surface area contributed by atoms with Crippen LogP contribution in [0.5, 0.6) is 0 Å². The Morgan fingerprint density at radius 1 is 1.21 bits per heavy atom. The summed E-state index contributed by atoms with van der Waals surface area (Å²) in [7, 11) is -2.49. The largest absolute Gasteiger partial charge is 0.396 e. The summed E-state index contributed by atoms with van der Waals surface area (Å²) >= 11 is 12.0. The van der Waals surface area contributed by atoms with Gasteiger partial charge in [0.1, 0.15) is 6.04 Å². The zero-order chi connectivity index (χ0) is 20.5. The van der Waals surface area contributed by atoms with Crippen LogP contribution in [0.1, 0.15) is 19.3 Å². The van der Waals surface area contributed by atoms with Crippen molar-refractivity contribution >= 4 is 39.1 Å². The number of carbonyl (C=O) groups excluding carboxylic acids is 1. The summed E-state index contributed by atoms with van der Waals surface area (Å²) in [5.41, 5.74) is 0. The standard InChI is InChI=1S/C18H24Cl2N2O5S/c1-27-6-5-21-10-12(11-23)16-3-2-4-17(18(21)24)22(16)28(25,26)15-8-13(19)7-14(20)9-15/h7-9,12,16-17,23H,2-6,10-11H2,1H3/t12-,16+,17?/m1/s1. The van der Waals surface area contributed by atoms with Crippen molar-refractivity contribution in [3.8, 4) is 0 Å². The summed E-state index contributed by atoms with van der Waals surface area (Å²) in [4.78, 5) is 14.7. The van der Waals surface area contributed by atoms with Gasteiger partial charge in [-0.1, -0.05) is 23.2 Å². The van der Waals surface area contributed by atoms with Gasteiger partial charge in [-0.05, 0) is 37.5 Å². The molecule has 2 bridgehead atoms. The minimum atomic E-state index is -4.03. The summed E-state index contributed by atoms with van der Waals surface area (Å²) in [6, 6.07) is 2.85. The molecule has 1 unspecified atom stereocenters. The molecule has 1 aromatic rings. The molecule has 1 N–H and O–H groups in total. The van der Waals surface area contributed by atoms with Crippen LogP contribution in [0.15, 0.2) is 23.1 Å². The summed E-state index contributed by atoms with van der Waals surface area (Å²) in [5.74, 6) is -0.634. The van der Waals surface area contributed by atoms with E-state index in [4.69, 9.17) is 27.9 Å². The van der Waals surface area contributed by atoms with E-state index in [0.717, 1.165) is 6.42 Å². The Hall–Kier alpha value is -0.900. The molecule has 2 saturated heterocycles. The van der Waals surface area contributed by atoms with Crippen molar-refractivity contribution in [3.63, 3.8) is 0 Å². The van der Waals surface area contributed by atoms with E-state index in [-0.39, 0.29) is 33.4 Å². The van der Waals surface area contributed by atoms with Crippen LogP contribution in [0.4, 0.5) is 0 Å². The summed E-state index contributed by atoms with van der Waals surface area (Å²) in [6.07, 6.45) is 1.74. The third kappa shape index (κ3) is 4.17. The van der Waals surface area contributed by atoms with Crippen molar-refractivity contribution in [2.45, 2.75) is 36.2 Å². The van der Waals surface area contributed by atoms with Crippen molar-refractivity contribution in [2.24, 2.45) is 5.92 Å². The minimum Gasteiger partial charge on any atom is -0.396 e. The zero-order valence-corrected chi connectivity index (χ0v) is 17.9. The third-order valence-corrected chi connectivity index (χ3v) is 7.77. The monoisotopic (exact) mass is 450 g/mol. The molecule has 2 aliphatic heterocycles. The Morgan fingerprint density at radius 3 is 2.50 bits per heavy atom. The van der Waals surface area contributed by atoms with Crippen LogP contribution in [0.3, 0.4) is 0 Å². The third-order valence-electron chi connectivity index (χ3n) is 5.42. The van der Waals surface area contributed by atoms with Gasteiger partial charge in [0.05, 0.1) is 11.5 Å². The maximum atomic E-state index is 13.5. The number of piperidine rings is 1. The van der Waals surface area contributed by atoms with E-state index >= 15 is 0 Å². The number of aliphatic hydroxyl groups excluding tert-OH is 1. The van der Waals surface area contributed by atoms with Crippen LogP contribution in [0.25, 0.3) is 0 Å². The predicted octanol–water partition coefficient (Wildman–Crippen LogP) is 2.00. The highest BCUT2D eigenvalue weighted by atomic mass is 35.5. The van der Waals surface area contributed by atoms with Gasteiger partial charge in [-0.3, -0.25) is 4.79 Å². The average Bonchev–Trinajstić information content (AvgIpc) is 2.72. The lowest BCUT2D eigenvalue weighted by Crippen LogP contribution is -2.55. The van der Waals surface area contributed by atoms with E-state index in [0.29, 0.717) is 32.5 Å². The van der Waals surface area contributed by atoms with Crippen molar-refractivity contribution in [1.82, 2.24) is 9.21 Å². The van der Waals surface area contributed by atoms with Gasteiger partial charge in [0.2, 0.25) is 15.9 Å². The predicted molar refractivity (Wildman–Crippen MR) is 106 cm³/mol. The molecule has 0 aliphatic carbocycles. The SMILES string of the molecule is COCCN1C[C@H](CO)[C@@H]2CCCC(C1=O)N2S(=O)(=O)c1cc(Cl)cc(Cl)c1. The van der Waals surface area contributed by atoms with Gasteiger partial charge in [0.25, 0.3) is 0 Å². The number of hydrogen-bond donors (Lipinski definition) is 1. The molecule has 10 heteroatoms. The van der Waals surface area contributed by atoms with E-state index in [1.54, 1.807) is 12.0 Å². The van der Waals surface area contributed by atoms with Gasteiger partial charge in [0, 0.05) is 48.8 Å². The fourth-order valence-electron chi connectivity index (χ4n) is 4.11. The minimum absolute atomic E-state index is 0.0447. The molecule has 3 atom stereocenters. The second-order valence-corrected chi connectivity index (χ2v) is 9.89. The highest BCUT2D eigenvalue weighted by molar-refractivity contribution is 7.89. The molecule has 1 aromatic carbocycles. The Balaban J connectivity index is 2.06. The second-order valence-electron chi connectivity index (χ2n) is 7.17. The van der Waals surface area contributed by atoms with E-state index in [1.807, 2.05) is 0 Å². The zero-order valence-electron chi connectivity index (χ0n) is 15.6. The maximum absolute atomic E-state index is 13.5. The number of sulfonamides is 1. The average molecular weight is 451 g/mol. The van der Waals surface area contributed by atoms with Crippen LogP contribution in [-0.2, 0) is 19.6 Å². The van der Waals surface area contributed by atoms with Gasteiger partial charge in [-0.25, -0.2) is 8.42 Å². The fourth-order valence-corrected chi connectivity index (χ4v) is 6.73. The molecule has 3 rings (SSSR count). The van der Waals surface area contributed by atoms with Crippen molar-refractivity contribution in [1.29, 1.82) is 0 Å². The van der Waals surface area contributed by atoms with Crippen LogP contribution < -0.4 is 0 Å². The maximum Gasteiger partial charge on any atom is 0.244 e. The van der Waals surface area contributed by atoms with E-state index in [2.05, 4.69) is 0 Å². The van der Waals surface area contributed by atoms with E-state index < -0.39 is 22.1 Å². The molecule has 0 aromatic heterocycles. The number of benzene rings is 1. The van der Waals surface area contributed by atoms with Gasteiger partial charge in [0.15, 0.2) is 0 Å². The quantitative estimate of drug-likeness (QED) is 0.715. The Bertz CT molecular complexity index is 815. The normalized spacial score (nSPS) is 26.4. The van der Waals surface area contributed by atoms with Crippen molar-refractivity contribution in [3.05, 3.63) is 28.2 Å². The number of aliphatic hydroxyl groups is 1. The fraction of sp³-hybridized carbons (Fsp3) is 0.611. The smallest absolute Gasteiger partial charge is 0.244 e. The Kier molecular flexibility index (Phi) is 6.89. The van der Waals surface area contributed by atoms with Crippen LogP contribution in [-0.4, -0.2) is 74.1 Å². The van der Waals surface area contributed by atoms with Crippen molar-refractivity contribution in [2.75, 3.05) is 33.4 Å². The topological polar surface area (TPSA) is 87.2 Å². The number of methoxy groups -OCH3 is 1. The number of fused-ring (bicyclic) bond motifs is 2. The number of carbonyl (C=O) groups is 1. The molecule has 7 nitrogen and oxygen atoms in total. The first-order chi connectivity index (χ1) is 13.3. The highest BCUT2D eigenvalue weighted by Gasteiger charge is 2.49. The number of halogens is 2. The molecule has 28 heavy (non-hydrogen) atoms. The lowest BCUT2D eigenvalue weighted by atomic mass is 9.91. The summed E-state index contributed by atoms with van der Waals surface area (Å²) in [6.45, 7) is 0.780. The van der Waals surface area contributed by atoms with Crippen LogP contribution in [0.2, 0.25) is 10.0 Å². The summed E-state index contributed by atoms with van der Waals surface area (Å²) < 4.78 is 33.4. The number of nitrogens with zero attached hydrogens (tertiary/aromatic N) is 2. The summed E-state index contributed by atoms with van der Waals surface area (Å²) in [5, 5.41) is 10.4. The van der Waals surface area contributed by atoms with Gasteiger partial charge in [-0.2, -0.15) is 4.31 Å². The Labute approximate surface area is 175 Å². The van der Waals surface area contributed by atoms with Gasteiger partial charge in [-0.15, -0.1) is 0 Å². The molecule has 0 saturated carbocycles. The van der Waals surface area contributed by atoms with Gasteiger partial charge < -0.3 is 14.7 Å². The number of hydrogen-bond acceptors (Lipinski definition) is 5. The highest BCUT2D eigenvalue weighted by Crippen LogP contribution is 2.37. The van der Waals surface area contributed by atoms with Gasteiger partial charge >= 0.3 is 0 Å². The van der Waals surface area contributed by atoms with E-state index in [9.17, 15) is 18.3 Å². The lowest BCUT2D eigenvalue weighted by molar-refractivity contribution is -0.135. The molecule has 2 aliphatic rings. The number of amides is 1. The molecule has 0 radical (unpaired) electrons. The molecular formula is C18H24Cl2N2O5S. The molecule has 156 valence electrons. The first-order valence-corrected chi connectivity index (χ1v) is 11.4. The van der Waals surface area contributed by atoms with Crippen LogP contribution in [0, 0.1) is 5.92 Å². The molecular weight excluding hydrogens is 427 g/mol. The number of rotatable bonds is 6. The molecule has 2 fully saturated rings. The van der Waals surface area contributed by atoms with E-state index in [1.165, 1.54) is 22.5 Å². The first-order valence-electron chi connectivity index (χ1n) is 9.17. The molecule has 0 spiro atoms. The first kappa shape index (κ1) is 21.8. The molecule has 1 amide bonds. The molecule has 2 heterocycles. The lowest BCUT2D eigenvalue weighted by Gasteiger charge is -2.40.